The van der Waals surface area contributed by atoms with Crippen LogP contribution in [0.1, 0.15) is 33.5 Å². The first kappa shape index (κ1) is 22.7. The van der Waals surface area contributed by atoms with Crippen molar-refractivity contribution in [3.63, 3.8) is 0 Å². The molecule has 2 amide bonds. The molecule has 166 valence electrons. The second-order valence-electron chi connectivity index (χ2n) is 7.54. The zero-order chi connectivity index (χ0) is 22.6. The molecule has 3 rings (SSSR count). The Hall–Kier alpha value is -3.03. The Morgan fingerprint density at radius 2 is 1.55 bits per heavy atom. The first-order chi connectivity index (χ1) is 14.7. The zero-order valence-corrected chi connectivity index (χ0v) is 17.5. The summed E-state index contributed by atoms with van der Waals surface area (Å²) in [6, 6.07) is 9.97. The molecule has 0 aromatic heterocycles. The van der Waals surface area contributed by atoms with Gasteiger partial charge in [-0.1, -0.05) is 12.1 Å². The molecular weight excluding hydrogens is 409 g/mol. The summed E-state index contributed by atoms with van der Waals surface area (Å²) in [5.74, 6) is 0.380. The Morgan fingerprint density at radius 3 is 2.16 bits per heavy atom. The van der Waals surface area contributed by atoms with Crippen LogP contribution in [0.3, 0.4) is 0 Å². The number of halogens is 3. The SMILES string of the molecule is Cc1cccc(OCCC(=O)N2CCN(C(=O)c3ccc(C(F)(F)F)cc3)CC2)c1C. The van der Waals surface area contributed by atoms with E-state index in [4.69, 9.17) is 4.74 Å². The summed E-state index contributed by atoms with van der Waals surface area (Å²) in [4.78, 5) is 28.2. The second kappa shape index (κ2) is 9.41. The Morgan fingerprint density at radius 1 is 0.935 bits per heavy atom. The van der Waals surface area contributed by atoms with Crippen LogP contribution in [-0.2, 0) is 11.0 Å². The van der Waals surface area contributed by atoms with E-state index in [0.717, 1.165) is 29.0 Å². The quantitative estimate of drug-likeness (QED) is 0.713. The van der Waals surface area contributed by atoms with E-state index in [0.29, 0.717) is 26.2 Å². The van der Waals surface area contributed by atoms with E-state index in [9.17, 15) is 22.8 Å². The minimum atomic E-state index is -4.44. The first-order valence-electron chi connectivity index (χ1n) is 10.1. The maximum Gasteiger partial charge on any atom is 0.416 e. The van der Waals surface area contributed by atoms with Crippen molar-refractivity contribution in [3.8, 4) is 5.75 Å². The molecule has 2 aromatic carbocycles. The molecule has 0 aliphatic carbocycles. The lowest BCUT2D eigenvalue weighted by atomic mass is 10.1. The Balaban J connectivity index is 1.47. The van der Waals surface area contributed by atoms with Crippen LogP contribution in [0.5, 0.6) is 5.75 Å². The van der Waals surface area contributed by atoms with Crippen molar-refractivity contribution in [1.29, 1.82) is 0 Å². The van der Waals surface area contributed by atoms with Crippen molar-refractivity contribution in [3.05, 3.63) is 64.7 Å². The van der Waals surface area contributed by atoms with Gasteiger partial charge < -0.3 is 14.5 Å². The molecule has 0 unspecified atom stereocenters. The van der Waals surface area contributed by atoms with Gasteiger partial charge in [-0.3, -0.25) is 9.59 Å². The summed E-state index contributed by atoms with van der Waals surface area (Å²) in [5.41, 5.74) is 1.58. The summed E-state index contributed by atoms with van der Waals surface area (Å²) in [5, 5.41) is 0. The van der Waals surface area contributed by atoms with E-state index in [2.05, 4.69) is 0 Å². The molecule has 8 heteroatoms. The molecule has 1 aliphatic rings. The standard InChI is InChI=1S/C23H25F3N2O3/c1-16-4-3-5-20(17(16)2)31-15-10-21(29)27-11-13-28(14-12-27)22(30)18-6-8-19(9-7-18)23(24,25)26/h3-9H,10-15H2,1-2H3. The van der Waals surface area contributed by atoms with E-state index >= 15 is 0 Å². The molecule has 0 bridgehead atoms. The lowest BCUT2D eigenvalue weighted by Crippen LogP contribution is -2.50. The van der Waals surface area contributed by atoms with Gasteiger partial charge in [-0.2, -0.15) is 13.2 Å². The molecule has 1 aliphatic heterocycles. The molecule has 2 aromatic rings. The van der Waals surface area contributed by atoms with E-state index in [1.807, 2.05) is 32.0 Å². The number of nitrogens with zero attached hydrogens (tertiary/aromatic N) is 2. The maximum absolute atomic E-state index is 12.7. The normalized spacial score (nSPS) is 14.5. The number of rotatable bonds is 5. The maximum atomic E-state index is 12.7. The third-order valence-electron chi connectivity index (χ3n) is 5.51. The largest absolute Gasteiger partial charge is 0.493 e. The van der Waals surface area contributed by atoms with Crippen molar-refractivity contribution in [1.82, 2.24) is 9.80 Å². The fourth-order valence-corrected chi connectivity index (χ4v) is 3.43. The second-order valence-corrected chi connectivity index (χ2v) is 7.54. The highest BCUT2D eigenvalue weighted by Crippen LogP contribution is 2.29. The zero-order valence-electron chi connectivity index (χ0n) is 17.5. The summed E-state index contributed by atoms with van der Waals surface area (Å²) in [6.45, 7) is 5.68. The van der Waals surface area contributed by atoms with E-state index in [1.54, 1.807) is 9.80 Å². The van der Waals surface area contributed by atoms with Crippen LogP contribution < -0.4 is 4.74 Å². The van der Waals surface area contributed by atoms with Crippen LogP contribution in [-0.4, -0.2) is 54.4 Å². The highest BCUT2D eigenvalue weighted by molar-refractivity contribution is 5.94. The molecule has 1 saturated heterocycles. The summed E-state index contributed by atoms with van der Waals surface area (Å²) < 4.78 is 43.8. The Kier molecular flexibility index (Phi) is 6.87. The predicted octanol–water partition coefficient (Wildman–Crippen LogP) is 4.08. The third kappa shape index (κ3) is 5.57. The molecule has 0 saturated carbocycles. The minimum absolute atomic E-state index is 0.0491. The van der Waals surface area contributed by atoms with Gasteiger partial charge in [0.2, 0.25) is 5.91 Å². The highest BCUT2D eigenvalue weighted by atomic mass is 19.4. The van der Waals surface area contributed by atoms with Gasteiger partial charge in [-0.05, 0) is 55.3 Å². The fraction of sp³-hybridized carbons (Fsp3) is 0.391. The molecule has 0 N–H and O–H groups in total. The molecule has 0 spiro atoms. The molecule has 0 radical (unpaired) electrons. The van der Waals surface area contributed by atoms with Crippen LogP contribution >= 0.6 is 0 Å². The predicted molar refractivity (Wildman–Crippen MR) is 110 cm³/mol. The van der Waals surface area contributed by atoms with Crippen molar-refractivity contribution in [2.75, 3.05) is 32.8 Å². The third-order valence-corrected chi connectivity index (χ3v) is 5.51. The van der Waals surface area contributed by atoms with Crippen molar-refractivity contribution in [2.45, 2.75) is 26.4 Å². The molecule has 1 fully saturated rings. The lowest BCUT2D eigenvalue weighted by molar-refractivity contribution is -0.137. The van der Waals surface area contributed by atoms with Gasteiger partial charge in [-0.25, -0.2) is 0 Å². The van der Waals surface area contributed by atoms with Crippen LogP contribution in [0.2, 0.25) is 0 Å². The fourth-order valence-electron chi connectivity index (χ4n) is 3.43. The number of hydrogen-bond donors (Lipinski definition) is 0. The highest BCUT2D eigenvalue weighted by Gasteiger charge is 2.31. The van der Waals surface area contributed by atoms with Crippen molar-refractivity contribution < 1.29 is 27.5 Å². The molecule has 5 nitrogen and oxygen atoms in total. The van der Waals surface area contributed by atoms with Crippen LogP contribution in [0.15, 0.2) is 42.5 Å². The van der Waals surface area contributed by atoms with Gasteiger partial charge in [0.25, 0.3) is 5.91 Å². The summed E-state index contributed by atoms with van der Waals surface area (Å²) in [6.07, 6.45) is -4.20. The van der Waals surface area contributed by atoms with Gasteiger partial charge in [-0.15, -0.1) is 0 Å². The number of ether oxygens (including phenoxy) is 1. The van der Waals surface area contributed by atoms with E-state index in [1.165, 1.54) is 12.1 Å². The van der Waals surface area contributed by atoms with Crippen LogP contribution in [0.25, 0.3) is 0 Å². The first-order valence-corrected chi connectivity index (χ1v) is 10.1. The van der Waals surface area contributed by atoms with Crippen molar-refractivity contribution in [2.24, 2.45) is 0 Å². The number of piperazine rings is 1. The summed E-state index contributed by atoms with van der Waals surface area (Å²) >= 11 is 0. The number of aryl methyl sites for hydroxylation is 1. The number of carbonyl (C=O) groups is 2. The number of alkyl halides is 3. The number of carbonyl (C=O) groups excluding carboxylic acids is 2. The number of amides is 2. The minimum Gasteiger partial charge on any atom is -0.493 e. The number of benzene rings is 2. The smallest absolute Gasteiger partial charge is 0.416 e. The topological polar surface area (TPSA) is 49.9 Å². The summed E-state index contributed by atoms with van der Waals surface area (Å²) in [7, 11) is 0. The average molecular weight is 434 g/mol. The number of hydrogen-bond acceptors (Lipinski definition) is 3. The van der Waals surface area contributed by atoms with Gasteiger partial charge >= 0.3 is 6.18 Å². The molecule has 0 atom stereocenters. The lowest BCUT2D eigenvalue weighted by Gasteiger charge is -2.35. The Labute approximate surface area is 179 Å². The van der Waals surface area contributed by atoms with Gasteiger partial charge in [0.05, 0.1) is 18.6 Å². The molecule has 1 heterocycles. The van der Waals surface area contributed by atoms with E-state index in [-0.39, 0.29) is 30.4 Å². The van der Waals surface area contributed by atoms with Gasteiger partial charge in [0.1, 0.15) is 5.75 Å². The monoisotopic (exact) mass is 434 g/mol. The van der Waals surface area contributed by atoms with Gasteiger partial charge in [0, 0.05) is 31.7 Å². The van der Waals surface area contributed by atoms with Crippen LogP contribution in [0.4, 0.5) is 13.2 Å². The molecule has 31 heavy (non-hydrogen) atoms. The molecular formula is C23H25F3N2O3. The van der Waals surface area contributed by atoms with Crippen LogP contribution in [0, 0.1) is 13.8 Å². The van der Waals surface area contributed by atoms with E-state index < -0.39 is 11.7 Å². The van der Waals surface area contributed by atoms with Crippen molar-refractivity contribution >= 4 is 11.8 Å². The Bertz CT molecular complexity index is 934. The average Bonchev–Trinajstić information content (AvgIpc) is 2.75. The van der Waals surface area contributed by atoms with Gasteiger partial charge in [0.15, 0.2) is 0 Å².